The van der Waals surface area contributed by atoms with E-state index in [-0.39, 0.29) is 6.10 Å². The maximum absolute atomic E-state index is 5.79. The average Bonchev–Trinajstić information content (AvgIpc) is 2.17. The summed E-state index contributed by atoms with van der Waals surface area (Å²) in [6.45, 7) is 2.76. The lowest BCUT2D eigenvalue weighted by molar-refractivity contribution is 0.0857. The first-order valence-electron chi connectivity index (χ1n) is 4.78. The molecule has 14 heavy (non-hydrogen) atoms. The highest BCUT2D eigenvalue weighted by Gasteiger charge is 2.21. The maximum Gasteiger partial charge on any atom is 0.161 e. The molecule has 1 heterocycles. The summed E-state index contributed by atoms with van der Waals surface area (Å²) in [6.07, 6.45) is 1.13. The summed E-state index contributed by atoms with van der Waals surface area (Å²) in [5.41, 5.74) is 0. The van der Waals surface area contributed by atoms with Gasteiger partial charge in [0.05, 0.1) is 0 Å². The normalized spacial score (nSPS) is 21.7. The summed E-state index contributed by atoms with van der Waals surface area (Å²) in [5.74, 6) is 1.71. The van der Waals surface area contributed by atoms with Gasteiger partial charge in [-0.1, -0.05) is 35.0 Å². The van der Waals surface area contributed by atoms with Crippen LogP contribution in [0.25, 0.3) is 0 Å². The van der Waals surface area contributed by atoms with Crippen molar-refractivity contribution in [2.24, 2.45) is 0 Å². The minimum Gasteiger partial charge on any atom is -0.486 e. The van der Waals surface area contributed by atoms with Crippen LogP contribution in [0.1, 0.15) is 13.3 Å². The lowest BCUT2D eigenvalue weighted by Crippen LogP contribution is -2.30. The van der Waals surface area contributed by atoms with Crippen LogP contribution in [-0.2, 0) is 0 Å². The predicted octanol–water partition coefficient (Wildman–Crippen LogP) is 3.00. The zero-order chi connectivity index (χ0) is 9.97. The molecule has 0 fully saturated rings. The molecule has 0 aliphatic carbocycles. The standard InChI is InChI=1S/C11H13BrO2/c1-8(12)6-9-7-13-10-4-2-3-5-11(10)14-9/h2-5,8-9H,6-7H2,1H3. The van der Waals surface area contributed by atoms with Crippen molar-refractivity contribution in [3.8, 4) is 11.5 Å². The van der Waals surface area contributed by atoms with Crippen molar-refractivity contribution in [3.05, 3.63) is 24.3 Å². The van der Waals surface area contributed by atoms with Crippen LogP contribution >= 0.6 is 15.9 Å². The summed E-state index contributed by atoms with van der Waals surface area (Å²) in [7, 11) is 0. The molecular weight excluding hydrogens is 244 g/mol. The molecule has 0 bridgehead atoms. The Hall–Kier alpha value is -0.700. The van der Waals surface area contributed by atoms with Crippen molar-refractivity contribution in [1.29, 1.82) is 0 Å². The van der Waals surface area contributed by atoms with Crippen molar-refractivity contribution in [1.82, 2.24) is 0 Å². The summed E-state index contributed by atoms with van der Waals surface area (Å²) >= 11 is 3.51. The Morgan fingerprint density at radius 1 is 1.43 bits per heavy atom. The van der Waals surface area contributed by atoms with E-state index in [0.29, 0.717) is 11.4 Å². The third-order valence-corrected chi connectivity index (χ3v) is 2.53. The van der Waals surface area contributed by atoms with Crippen LogP contribution in [0.5, 0.6) is 11.5 Å². The molecule has 0 radical (unpaired) electrons. The minimum atomic E-state index is 0.166. The highest BCUT2D eigenvalue weighted by Crippen LogP contribution is 2.32. The van der Waals surface area contributed by atoms with E-state index in [4.69, 9.17) is 9.47 Å². The van der Waals surface area contributed by atoms with Gasteiger partial charge in [-0.15, -0.1) is 0 Å². The number of rotatable bonds is 2. The highest BCUT2D eigenvalue weighted by atomic mass is 79.9. The van der Waals surface area contributed by atoms with Crippen molar-refractivity contribution < 1.29 is 9.47 Å². The summed E-state index contributed by atoms with van der Waals surface area (Å²) in [6, 6.07) is 7.79. The van der Waals surface area contributed by atoms with Crippen molar-refractivity contribution in [3.63, 3.8) is 0 Å². The van der Waals surface area contributed by atoms with E-state index in [9.17, 15) is 0 Å². The molecule has 0 aromatic heterocycles. The van der Waals surface area contributed by atoms with Crippen LogP contribution in [0, 0.1) is 0 Å². The number of hydrogen-bond acceptors (Lipinski definition) is 2. The first-order valence-corrected chi connectivity index (χ1v) is 5.70. The number of fused-ring (bicyclic) bond motifs is 1. The zero-order valence-corrected chi connectivity index (χ0v) is 9.66. The van der Waals surface area contributed by atoms with Gasteiger partial charge in [-0.25, -0.2) is 0 Å². The molecule has 1 aromatic rings. The Morgan fingerprint density at radius 3 is 2.86 bits per heavy atom. The molecule has 0 saturated heterocycles. The van der Waals surface area contributed by atoms with Gasteiger partial charge >= 0.3 is 0 Å². The molecule has 0 amide bonds. The number of ether oxygens (including phenoxy) is 2. The second kappa shape index (κ2) is 4.22. The van der Waals surface area contributed by atoms with Gasteiger partial charge in [0, 0.05) is 4.83 Å². The Bertz CT molecular complexity index is 312. The van der Waals surface area contributed by atoms with Crippen LogP contribution in [0.15, 0.2) is 24.3 Å². The zero-order valence-electron chi connectivity index (χ0n) is 8.07. The van der Waals surface area contributed by atoms with Crippen LogP contribution in [0.3, 0.4) is 0 Å². The molecular formula is C11H13BrO2. The molecule has 0 N–H and O–H groups in total. The minimum absolute atomic E-state index is 0.166. The second-order valence-corrected chi connectivity index (χ2v) is 5.08. The van der Waals surface area contributed by atoms with E-state index in [1.165, 1.54) is 0 Å². The quantitative estimate of drug-likeness (QED) is 0.758. The van der Waals surface area contributed by atoms with E-state index >= 15 is 0 Å². The van der Waals surface area contributed by atoms with Gasteiger partial charge in [0.15, 0.2) is 11.5 Å². The first-order chi connectivity index (χ1) is 6.75. The van der Waals surface area contributed by atoms with E-state index in [1.807, 2.05) is 24.3 Å². The van der Waals surface area contributed by atoms with Crippen LogP contribution < -0.4 is 9.47 Å². The molecule has 0 spiro atoms. The smallest absolute Gasteiger partial charge is 0.161 e. The lowest BCUT2D eigenvalue weighted by Gasteiger charge is -2.27. The molecule has 76 valence electrons. The number of hydrogen-bond donors (Lipinski definition) is 0. The van der Waals surface area contributed by atoms with E-state index in [1.54, 1.807) is 0 Å². The number of para-hydroxylation sites is 2. The molecule has 2 unspecified atom stereocenters. The lowest BCUT2D eigenvalue weighted by atomic mass is 10.2. The van der Waals surface area contributed by atoms with Gasteiger partial charge in [0.25, 0.3) is 0 Å². The van der Waals surface area contributed by atoms with Crippen molar-refractivity contribution in [2.75, 3.05) is 6.61 Å². The second-order valence-electron chi connectivity index (χ2n) is 3.51. The molecule has 1 aliphatic rings. The van der Waals surface area contributed by atoms with Crippen LogP contribution in [0.4, 0.5) is 0 Å². The topological polar surface area (TPSA) is 18.5 Å². The van der Waals surface area contributed by atoms with Crippen molar-refractivity contribution >= 4 is 15.9 Å². The van der Waals surface area contributed by atoms with Crippen molar-refractivity contribution in [2.45, 2.75) is 24.3 Å². The molecule has 2 rings (SSSR count). The first kappa shape index (κ1) is 9.84. The third kappa shape index (κ3) is 2.21. The van der Waals surface area contributed by atoms with Gasteiger partial charge in [-0.2, -0.15) is 0 Å². The maximum atomic E-state index is 5.79. The predicted molar refractivity (Wildman–Crippen MR) is 59.4 cm³/mol. The molecule has 2 nitrogen and oxygen atoms in total. The van der Waals surface area contributed by atoms with Crippen LogP contribution in [0.2, 0.25) is 0 Å². The number of alkyl halides is 1. The van der Waals surface area contributed by atoms with Gasteiger partial charge in [-0.3, -0.25) is 0 Å². The summed E-state index contributed by atoms with van der Waals surface area (Å²) in [5, 5.41) is 0. The Morgan fingerprint density at radius 2 is 2.14 bits per heavy atom. The fraction of sp³-hybridized carbons (Fsp3) is 0.455. The largest absolute Gasteiger partial charge is 0.486 e. The van der Waals surface area contributed by atoms with E-state index < -0.39 is 0 Å². The Balaban J connectivity index is 2.06. The molecule has 2 atom stereocenters. The Kier molecular flexibility index (Phi) is 2.96. The van der Waals surface area contributed by atoms with Gasteiger partial charge in [-0.05, 0) is 18.6 Å². The summed E-state index contributed by atoms with van der Waals surface area (Å²) in [4.78, 5) is 0.460. The fourth-order valence-corrected chi connectivity index (χ4v) is 1.96. The molecule has 3 heteroatoms. The molecule has 1 aromatic carbocycles. The number of benzene rings is 1. The van der Waals surface area contributed by atoms with E-state index in [2.05, 4.69) is 22.9 Å². The van der Waals surface area contributed by atoms with Gasteiger partial charge < -0.3 is 9.47 Å². The highest BCUT2D eigenvalue weighted by molar-refractivity contribution is 9.09. The van der Waals surface area contributed by atoms with Crippen LogP contribution in [-0.4, -0.2) is 17.5 Å². The van der Waals surface area contributed by atoms with Gasteiger partial charge in [0.2, 0.25) is 0 Å². The SMILES string of the molecule is CC(Br)CC1COc2ccccc2O1. The monoisotopic (exact) mass is 256 g/mol. The van der Waals surface area contributed by atoms with Gasteiger partial charge in [0.1, 0.15) is 12.7 Å². The van der Waals surface area contributed by atoms with E-state index in [0.717, 1.165) is 17.9 Å². The Labute approximate surface area is 92.3 Å². The fourth-order valence-electron chi connectivity index (χ4n) is 1.54. The number of halogens is 1. The third-order valence-electron chi connectivity index (χ3n) is 2.16. The summed E-state index contributed by atoms with van der Waals surface area (Å²) < 4.78 is 11.4. The average molecular weight is 257 g/mol. The molecule has 1 aliphatic heterocycles. The molecule has 0 saturated carbocycles.